The van der Waals surface area contributed by atoms with Crippen LogP contribution in [0, 0.1) is 0 Å². The molecule has 11 heavy (non-hydrogen) atoms. The molecule has 0 atom stereocenters. The summed E-state index contributed by atoms with van der Waals surface area (Å²) in [6.45, 7) is 0. The molecule has 0 spiro atoms. The molecule has 3 nitrogen and oxygen atoms in total. The van der Waals surface area contributed by atoms with Gasteiger partial charge in [0.15, 0.2) is 0 Å². The second kappa shape index (κ2) is 3.08. The van der Waals surface area contributed by atoms with Crippen LogP contribution in [0.3, 0.4) is 0 Å². The molecule has 6 heteroatoms. The van der Waals surface area contributed by atoms with E-state index >= 15 is 0 Å². The highest BCUT2D eigenvalue weighted by atomic mass is 79.9. The van der Waals surface area contributed by atoms with Gasteiger partial charge in [-0.2, -0.15) is 0 Å². The van der Waals surface area contributed by atoms with Crippen LogP contribution in [0.25, 0.3) is 0 Å². The first kappa shape index (κ1) is 8.96. The van der Waals surface area contributed by atoms with Gasteiger partial charge in [-0.05, 0) is 28.1 Å². The summed E-state index contributed by atoms with van der Waals surface area (Å²) in [5.41, 5.74) is 0. The number of pyridine rings is 1. The van der Waals surface area contributed by atoms with Crippen molar-refractivity contribution >= 4 is 35.7 Å². The maximum Gasteiger partial charge on any atom is 0.261 e. The predicted octanol–water partition coefficient (Wildman–Crippen LogP) is 1.77. The van der Waals surface area contributed by atoms with Crippen molar-refractivity contribution in [3.05, 3.63) is 22.9 Å². The molecule has 1 rings (SSSR count). The Hall–Kier alpha value is -0.130. The number of hydrogen-bond acceptors (Lipinski definition) is 3. The molecule has 0 radical (unpaired) electrons. The summed E-state index contributed by atoms with van der Waals surface area (Å²) in [6, 6.07) is 2.66. The normalized spacial score (nSPS) is 11.5. The third kappa shape index (κ3) is 2.43. The van der Waals surface area contributed by atoms with Crippen LogP contribution in [-0.4, -0.2) is 13.4 Å². The standard InChI is InChI=1S/C5H3BrClNO2S/c6-5-3-4(1-2-8-5)11(7,9)10/h1-3H. The van der Waals surface area contributed by atoms with Crippen molar-refractivity contribution in [3.63, 3.8) is 0 Å². The van der Waals surface area contributed by atoms with Crippen LogP contribution in [0.2, 0.25) is 0 Å². The molecule has 0 aliphatic carbocycles. The number of nitrogens with zero attached hydrogens (tertiary/aromatic N) is 1. The summed E-state index contributed by atoms with van der Waals surface area (Å²) in [5, 5.41) is 0. The van der Waals surface area contributed by atoms with Gasteiger partial charge in [0.05, 0.1) is 4.90 Å². The van der Waals surface area contributed by atoms with E-state index in [1.54, 1.807) is 0 Å². The van der Waals surface area contributed by atoms with Gasteiger partial charge in [0.1, 0.15) is 4.60 Å². The van der Waals surface area contributed by atoms with Crippen LogP contribution in [0.15, 0.2) is 27.8 Å². The van der Waals surface area contributed by atoms with E-state index in [4.69, 9.17) is 10.7 Å². The van der Waals surface area contributed by atoms with Crippen LogP contribution in [0.1, 0.15) is 0 Å². The van der Waals surface area contributed by atoms with E-state index in [0.29, 0.717) is 4.60 Å². The maximum atomic E-state index is 10.7. The van der Waals surface area contributed by atoms with Crippen molar-refractivity contribution < 1.29 is 8.42 Å². The number of aromatic nitrogens is 1. The lowest BCUT2D eigenvalue weighted by Gasteiger charge is -1.93. The van der Waals surface area contributed by atoms with Crippen molar-refractivity contribution in [3.8, 4) is 0 Å². The molecule has 0 bridgehead atoms. The van der Waals surface area contributed by atoms with E-state index in [9.17, 15) is 8.42 Å². The van der Waals surface area contributed by atoms with Gasteiger partial charge in [0.25, 0.3) is 9.05 Å². The molecular weight excluding hydrogens is 253 g/mol. The molecule has 0 unspecified atom stereocenters. The van der Waals surface area contributed by atoms with Crippen LogP contribution in [0.4, 0.5) is 0 Å². The average Bonchev–Trinajstić information content (AvgIpc) is 1.86. The monoisotopic (exact) mass is 255 g/mol. The highest BCUT2D eigenvalue weighted by Crippen LogP contribution is 2.16. The van der Waals surface area contributed by atoms with Gasteiger partial charge in [-0.3, -0.25) is 0 Å². The molecular formula is C5H3BrClNO2S. The van der Waals surface area contributed by atoms with E-state index in [0.717, 1.165) is 0 Å². The quantitative estimate of drug-likeness (QED) is 0.568. The zero-order chi connectivity index (χ0) is 8.48. The maximum absolute atomic E-state index is 10.7. The summed E-state index contributed by atoms with van der Waals surface area (Å²) in [5.74, 6) is 0. The first-order valence-electron chi connectivity index (χ1n) is 2.56. The Morgan fingerprint density at radius 1 is 1.55 bits per heavy atom. The molecule has 0 aliphatic heterocycles. The van der Waals surface area contributed by atoms with Crippen molar-refractivity contribution in [1.82, 2.24) is 4.98 Å². The minimum Gasteiger partial charge on any atom is -0.249 e. The molecule has 0 saturated carbocycles. The van der Waals surface area contributed by atoms with Gasteiger partial charge in [0, 0.05) is 16.9 Å². The van der Waals surface area contributed by atoms with E-state index in [2.05, 4.69) is 20.9 Å². The van der Waals surface area contributed by atoms with Crippen molar-refractivity contribution in [2.45, 2.75) is 4.90 Å². The number of rotatable bonds is 1. The molecule has 0 fully saturated rings. The van der Waals surface area contributed by atoms with Crippen LogP contribution in [0.5, 0.6) is 0 Å². The van der Waals surface area contributed by atoms with Crippen molar-refractivity contribution in [1.29, 1.82) is 0 Å². The largest absolute Gasteiger partial charge is 0.261 e. The minimum absolute atomic E-state index is 0.0426. The number of halogens is 2. The molecule has 1 aromatic heterocycles. The molecule has 0 aliphatic rings. The Bertz CT molecular complexity index is 365. The lowest BCUT2D eigenvalue weighted by molar-refractivity contribution is 0.609. The minimum atomic E-state index is -3.62. The summed E-state index contributed by atoms with van der Waals surface area (Å²) >= 11 is 3.02. The SMILES string of the molecule is O=S(=O)(Cl)c1ccnc(Br)c1. The highest BCUT2D eigenvalue weighted by molar-refractivity contribution is 9.10. The summed E-state index contributed by atoms with van der Waals surface area (Å²) in [7, 11) is 1.43. The molecule has 0 N–H and O–H groups in total. The van der Waals surface area contributed by atoms with Crippen molar-refractivity contribution in [2.75, 3.05) is 0 Å². The second-order valence-electron chi connectivity index (χ2n) is 1.75. The fourth-order valence-corrected chi connectivity index (χ4v) is 1.82. The molecule has 0 saturated heterocycles. The van der Waals surface area contributed by atoms with E-state index in [1.807, 2.05) is 0 Å². The zero-order valence-electron chi connectivity index (χ0n) is 5.16. The average molecular weight is 257 g/mol. The summed E-state index contributed by atoms with van der Waals surface area (Å²) in [6.07, 6.45) is 1.36. The first-order valence-corrected chi connectivity index (χ1v) is 5.66. The van der Waals surface area contributed by atoms with Gasteiger partial charge in [0.2, 0.25) is 0 Å². The topological polar surface area (TPSA) is 47.0 Å². The molecule has 1 aromatic rings. The lowest BCUT2D eigenvalue weighted by Crippen LogP contribution is -1.90. The molecule has 0 aromatic carbocycles. The third-order valence-corrected chi connectivity index (χ3v) is 2.76. The fourth-order valence-electron chi connectivity index (χ4n) is 0.536. The molecule has 60 valence electrons. The first-order chi connectivity index (χ1) is 5.00. The van der Waals surface area contributed by atoms with E-state index in [1.165, 1.54) is 18.3 Å². The second-order valence-corrected chi connectivity index (χ2v) is 5.13. The lowest BCUT2D eigenvalue weighted by atomic mass is 10.5. The Kier molecular flexibility index (Phi) is 2.51. The Morgan fingerprint density at radius 3 is 2.55 bits per heavy atom. The molecule has 1 heterocycles. The summed E-state index contributed by atoms with van der Waals surface area (Å²) in [4.78, 5) is 3.79. The highest BCUT2D eigenvalue weighted by Gasteiger charge is 2.09. The van der Waals surface area contributed by atoms with Gasteiger partial charge in [-0.1, -0.05) is 0 Å². The van der Waals surface area contributed by atoms with E-state index < -0.39 is 9.05 Å². The summed E-state index contributed by atoms with van der Waals surface area (Å²) < 4.78 is 21.8. The Labute approximate surface area is 77.0 Å². The van der Waals surface area contributed by atoms with Gasteiger partial charge in [-0.25, -0.2) is 13.4 Å². The Morgan fingerprint density at radius 2 is 2.18 bits per heavy atom. The van der Waals surface area contributed by atoms with Gasteiger partial charge < -0.3 is 0 Å². The van der Waals surface area contributed by atoms with Crippen molar-refractivity contribution in [2.24, 2.45) is 0 Å². The van der Waals surface area contributed by atoms with E-state index in [-0.39, 0.29) is 4.90 Å². The number of hydrogen-bond donors (Lipinski definition) is 0. The zero-order valence-corrected chi connectivity index (χ0v) is 8.32. The van der Waals surface area contributed by atoms with Crippen LogP contribution < -0.4 is 0 Å². The van der Waals surface area contributed by atoms with Gasteiger partial charge >= 0.3 is 0 Å². The predicted molar refractivity (Wildman–Crippen MR) is 45.0 cm³/mol. The fraction of sp³-hybridized carbons (Fsp3) is 0. The van der Waals surface area contributed by atoms with Crippen LogP contribution in [-0.2, 0) is 9.05 Å². The van der Waals surface area contributed by atoms with Gasteiger partial charge in [-0.15, -0.1) is 0 Å². The van der Waals surface area contributed by atoms with Crippen LogP contribution >= 0.6 is 26.6 Å². The smallest absolute Gasteiger partial charge is 0.249 e. The Balaban J connectivity index is 3.28. The third-order valence-electron chi connectivity index (χ3n) is 0.980. The molecule has 0 amide bonds.